The van der Waals surface area contributed by atoms with Gasteiger partial charge in [0.05, 0.1) is 11.1 Å². The van der Waals surface area contributed by atoms with Crippen LogP contribution in [0.4, 0.5) is 0 Å². The molecule has 0 aromatic carbocycles. The van der Waals surface area contributed by atoms with Gasteiger partial charge in [-0.25, -0.2) is 4.79 Å². The summed E-state index contributed by atoms with van der Waals surface area (Å²) in [6.07, 6.45) is 14.8. The molecule has 2 amide bonds. The fourth-order valence-corrected chi connectivity index (χ4v) is 13.3. The number of hydrogen-bond acceptors (Lipinski definition) is 13. The molecule has 1 radical (unpaired) electrons. The Hall–Kier alpha value is -0.430. The Bertz CT molecular complexity index is 978. The van der Waals surface area contributed by atoms with Crippen LogP contribution in [0.5, 0.6) is 0 Å². The van der Waals surface area contributed by atoms with Crippen LogP contribution in [-0.4, -0.2) is 72.5 Å². The van der Waals surface area contributed by atoms with E-state index in [0.717, 1.165) is 62.2 Å². The molecule has 1 unspecified atom stereocenters. The SMILES string of the molecule is O=C(O)CCCCCCCCCCCCCCC(=O)N[C@@H](CCC(=O)NCCCC[C@@H]1NC2(SS[CH]SSC(O)C1=O)SS2)C(=O)O. The molecule has 11 nitrogen and oxygen atoms in total. The van der Waals surface area contributed by atoms with Crippen LogP contribution in [0.1, 0.15) is 122 Å². The number of aliphatic hydroxyl groups excluding tert-OH is 1. The minimum atomic E-state index is -1.16. The number of hydrogen-bond donors (Lipinski definition) is 6. The molecule has 2 heterocycles. The summed E-state index contributed by atoms with van der Waals surface area (Å²) < 4.78 is -0.289. The molecule has 2 aliphatic heterocycles. The summed E-state index contributed by atoms with van der Waals surface area (Å²) in [5.41, 5.74) is -1.11. The number of carbonyl (C=O) groups excluding carboxylic acids is 3. The van der Waals surface area contributed by atoms with Crippen molar-refractivity contribution in [1.29, 1.82) is 0 Å². The third-order valence-electron chi connectivity index (χ3n) is 7.64. The quantitative estimate of drug-likeness (QED) is 0.0319. The van der Waals surface area contributed by atoms with Crippen molar-refractivity contribution in [2.45, 2.75) is 143 Å². The average molecular weight is 773 g/mol. The highest BCUT2D eigenvalue weighted by molar-refractivity contribution is 9.04. The number of unbranched alkanes of at least 4 members (excludes halogenated alkanes) is 12. The highest BCUT2D eigenvalue weighted by Crippen LogP contribution is 2.72. The maximum atomic E-state index is 12.8. The predicted octanol–water partition coefficient (Wildman–Crippen LogP) is 6.92. The van der Waals surface area contributed by atoms with Gasteiger partial charge in [-0.3, -0.25) is 24.5 Å². The molecule has 2 rings (SSSR count). The van der Waals surface area contributed by atoms with E-state index in [9.17, 15) is 34.2 Å². The summed E-state index contributed by atoms with van der Waals surface area (Å²) in [4.78, 5) is 59.6. The van der Waals surface area contributed by atoms with Gasteiger partial charge in [-0.05, 0) is 70.9 Å². The highest BCUT2D eigenvalue weighted by Gasteiger charge is 2.50. The molecule has 0 aromatic rings. The lowest BCUT2D eigenvalue weighted by Crippen LogP contribution is -2.45. The molecule has 2 saturated heterocycles. The zero-order valence-corrected chi connectivity index (χ0v) is 31.7. The highest BCUT2D eigenvalue weighted by atomic mass is 33.2. The van der Waals surface area contributed by atoms with E-state index >= 15 is 0 Å². The van der Waals surface area contributed by atoms with E-state index in [1.54, 1.807) is 43.2 Å². The fraction of sp³-hybridized carbons (Fsp3) is 0.800. The van der Waals surface area contributed by atoms with Gasteiger partial charge < -0.3 is 26.0 Å². The van der Waals surface area contributed by atoms with Crippen LogP contribution in [0, 0.1) is 5.08 Å². The summed E-state index contributed by atoms with van der Waals surface area (Å²) >= 11 is 0. The third kappa shape index (κ3) is 20.7. The van der Waals surface area contributed by atoms with Crippen molar-refractivity contribution in [3.8, 4) is 0 Å². The second-order valence-corrected chi connectivity index (χ2v) is 19.8. The van der Waals surface area contributed by atoms with Gasteiger partial charge in [-0.2, -0.15) is 0 Å². The van der Waals surface area contributed by atoms with Gasteiger partial charge in [0, 0.05) is 25.8 Å². The number of amides is 2. The van der Waals surface area contributed by atoms with Crippen molar-refractivity contribution in [2.24, 2.45) is 0 Å². The van der Waals surface area contributed by atoms with E-state index in [1.807, 2.05) is 5.08 Å². The minimum absolute atomic E-state index is 0.00777. The van der Waals surface area contributed by atoms with Crippen molar-refractivity contribution in [2.75, 3.05) is 6.54 Å². The molecule has 0 bridgehead atoms. The van der Waals surface area contributed by atoms with Crippen molar-refractivity contribution < 1.29 is 39.3 Å². The Morgan fingerprint density at radius 1 is 0.766 bits per heavy atom. The Balaban J connectivity index is 1.49. The van der Waals surface area contributed by atoms with Gasteiger partial charge in [0.25, 0.3) is 0 Å². The molecule has 0 aliphatic carbocycles. The van der Waals surface area contributed by atoms with E-state index in [4.69, 9.17) is 5.11 Å². The Morgan fingerprint density at radius 3 is 1.94 bits per heavy atom. The molecule has 6 N–H and O–H groups in total. The van der Waals surface area contributed by atoms with Crippen LogP contribution in [0.3, 0.4) is 0 Å². The lowest BCUT2D eigenvalue weighted by molar-refractivity contribution is -0.142. The van der Waals surface area contributed by atoms with Crippen molar-refractivity contribution in [1.82, 2.24) is 16.0 Å². The Kier molecular flexibility index (Phi) is 23.2. The number of Topliss-reactive ketones (excluding diaryl/α,β-unsaturated/α-hetero) is 1. The Labute approximate surface area is 302 Å². The average Bonchev–Trinajstić information content (AvgIpc) is 3.80. The second-order valence-electron chi connectivity index (χ2n) is 11.6. The van der Waals surface area contributed by atoms with Crippen LogP contribution in [0.25, 0.3) is 0 Å². The summed E-state index contributed by atoms with van der Waals surface area (Å²) in [5.74, 6) is -2.73. The van der Waals surface area contributed by atoms with Crippen molar-refractivity contribution >= 4 is 94.3 Å². The largest absolute Gasteiger partial charge is 0.481 e. The molecular weight excluding hydrogens is 723 g/mol. The number of nitrogens with one attached hydrogen (secondary N) is 3. The summed E-state index contributed by atoms with van der Waals surface area (Å²) in [6, 6.07) is -1.60. The lowest BCUT2D eigenvalue weighted by atomic mass is 10.0. The van der Waals surface area contributed by atoms with E-state index in [1.165, 1.54) is 30.1 Å². The first-order valence-corrected chi connectivity index (χ1v) is 23.1. The molecule has 17 heteroatoms. The van der Waals surface area contributed by atoms with Gasteiger partial charge in [0.1, 0.15) is 6.04 Å². The number of rotatable bonds is 25. The molecule has 0 saturated carbocycles. The molecule has 0 aromatic heterocycles. The number of carbonyl (C=O) groups is 5. The predicted molar refractivity (Wildman–Crippen MR) is 198 cm³/mol. The monoisotopic (exact) mass is 772 g/mol. The van der Waals surface area contributed by atoms with Crippen molar-refractivity contribution in [3.05, 3.63) is 5.08 Å². The van der Waals surface area contributed by atoms with Gasteiger partial charge in [0.15, 0.2) is 14.8 Å². The van der Waals surface area contributed by atoms with Crippen LogP contribution in [0.15, 0.2) is 0 Å². The Morgan fingerprint density at radius 2 is 1.36 bits per heavy atom. The van der Waals surface area contributed by atoms with E-state index in [2.05, 4.69) is 16.0 Å². The first-order valence-electron chi connectivity index (χ1n) is 16.5. The molecule has 3 atom stereocenters. The number of aliphatic carboxylic acids is 2. The topological polar surface area (TPSA) is 182 Å². The maximum Gasteiger partial charge on any atom is 0.326 e. The van der Waals surface area contributed by atoms with Crippen LogP contribution >= 0.6 is 64.8 Å². The van der Waals surface area contributed by atoms with Crippen LogP contribution in [-0.2, 0) is 24.0 Å². The summed E-state index contributed by atoms with van der Waals surface area (Å²) in [5, 5.41) is 39.0. The number of carboxylic acid groups (broad SMARTS) is 2. The lowest BCUT2D eigenvalue weighted by Gasteiger charge is -2.24. The molecular formula is C30H50N3O8S6. The third-order valence-corrected chi connectivity index (χ3v) is 17.0. The van der Waals surface area contributed by atoms with E-state index in [-0.39, 0.29) is 46.8 Å². The van der Waals surface area contributed by atoms with Crippen LogP contribution in [0.2, 0.25) is 0 Å². The van der Waals surface area contributed by atoms with E-state index < -0.39 is 29.5 Å². The van der Waals surface area contributed by atoms with Crippen LogP contribution < -0.4 is 16.0 Å². The fourth-order valence-electron chi connectivity index (χ4n) is 4.95. The standard InChI is InChI=1S/C30H50N3O8S6/c34-24(31-20-14-13-15-22-27(38)29(41)44-42-21-43-45-30(33-22)46-47-30)19-18-23(28(39)40)32-25(35)16-11-9-7-5-3-1-2-4-6-8-10-12-17-26(36)37/h21-23,29,33,41H,1-20H2,(H,31,34)(H,32,35)(H,36,37)(H,39,40)/t22-,23-,29?/m0/s1. The van der Waals surface area contributed by atoms with E-state index in [0.29, 0.717) is 32.2 Å². The van der Waals surface area contributed by atoms with Gasteiger partial charge in [-0.1, -0.05) is 96.6 Å². The zero-order valence-electron chi connectivity index (χ0n) is 26.8. The molecule has 269 valence electrons. The molecule has 1 spiro atoms. The molecule has 47 heavy (non-hydrogen) atoms. The first kappa shape index (κ1) is 42.7. The number of carboxylic acids is 2. The first-order chi connectivity index (χ1) is 22.6. The molecule has 2 fully saturated rings. The normalized spacial score (nSPS) is 20.0. The summed E-state index contributed by atoms with van der Waals surface area (Å²) in [6.45, 7) is 0.390. The second kappa shape index (κ2) is 25.5. The number of ketones is 1. The van der Waals surface area contributed by atoms with Gasteiger partial charge in [-0.15, -0.1) is 0 Å². The van der Waals surface area contributed by atoms with Gasteiger partial charge >= 0.3 is 11.9 Å². The smallest absolute Gasteiger partial charge is 0.326 e. The minimum Gasteiger partial charge on any atom is -0.481 e. The molecule has 2 aliphatic rings. The van der Waals surface area contributed by atoms with Crippen molar-refractivity contribution in [3.63, 3.8) is 0 Å². The maximum absolute atomic E-state index is 12.8. The van der Waals surface area contributed by atoms with Gasteiger partial charge in [0.2, 0.25) is 11.8 Å². The summed E-state index contributed by atoms with van der Waals surface area (Å²) in [7, 11) is 8.99. The zero-order chi connectivity index (χ0) is 34.3. The number of aliphatic hydroxyl groups is 1.